The molecule has 1 saturated heterocycles. The van der Waals surface area contributed by atoms with Crippen LogP contribution in [0.25, 0.3) is 0 Å². The molecular formula is C22H25N3O2. The van der Waals surface area contributed by atoms with Crippen molar-refractivity contribution in [2.75, 3.05) is 23.7 Å². The van der Waals surface area contributed by atoms with E-state index in [1.54, 1.807) is 0 Å². The van der Waals surface area contributed by atoms with E-state index in [1.807, 2.05) is 41.3 Å². The van der Waals surface area contributed by atoms with Gasteiger partial charge in [0, 0.05) is 19.5 Å². The number of para-hydroxylation sites is 2. The first-order valence-corrected chi connectivity index (χ1v) is 9.58. The molecule has 0 bridgehead atoms. The number of carbonyl (C=O) groups is 2. The molecule has 0 unspecified atom stereocenters. The molecule has 2 amide bonds. The number of carbonyl (C=O) groups excluding carboxylic acids is 2. The molecule has 1 fully saturated rings. The molecule has 0 aromatic heterocycles. The van der Waals surface area contributed by atoms with Crippen molar-refractivity contribution in [3.63, 3.8) is 0 Å². The molecule has 27 heavy (non-hydrogen) atoms. The van der Waals surface area contributed by atoms with Gasteiger partial charge in [0.05, 0.1) is 11.4 Å². The quantitative estimate of drug-likeness (QED) is 0.879. The Morgan fingerprint density at radius 2 is 1.70 bits per heavy atom. The monoisotopic (exact) mass is 363 g/mol. The van der Waals surface area contributed by atoms with Crippen LogP contribution in [-0.4, -0.2) is 35.3 Å². The second-order valence-corrected chi connectivity index (χ2v) is 7.51. The maximum atomic E-state index is 12.7. The Balaban J connectivity index is 1.37. The molecule has 140 valence electrons. The van der Waals surface area contributed by atoms with Gasteiger partial charge in [0.1, 0.15) is 5.54 Å². The predicted molar refractivity (Wildman–Crippen MR) is 107 cm³/mol. The summed E-state index contributed by atoms with van der Waals surface area (Å²) in [5, 5.41) is 6.45. The van der Waals surface area contributed by atoms with Gasteiger partial charge in [-0.25, -0.2) is 0 Å². The van der Waals surface area contributed by atoms with E-state index in [2.05, 4.69) is 29.7 Å². The second kappa shape index (κ2) is 7.06. The first-order chi connectivity index (χ1) is 13.1. The molecule has 2 N–H and O–H groups in total. The van der Waals surface area contributed by atoms with Gasteiger partial charge in [-0.1, -0.05) is 36.4 Å². The highest BCUT2D eigenvalue weighted by molar-refractivity contribution is 6.06. The summed E-state index contributed by atoms with van der Waals surface area (Å²) >= 11 is 0. The topological polar surface area (TPSA) is 61.4 Å². The molecule has 5 nitrogen and oxygen atoms in total. The lowest BCUT2D eigenvalue weighted by molar-refractivity contribution is -0.134. The molecule has 2 aliphatic heterocycles. The third-order valence-electron chi connectivity index (χ3n) is 5.82. The Hall–Kier alpha value is -2.82. The van der Waals surface area contributed by atoms with Gasteiger partial charge in [0.25, 0.3) is 0 Å². The van der Waals surface area contributed by atoms with Crippen LogP contribution in [0.4, 0.5) is 11.4 Å². The summed E-state index contributed by atoms with van der Waals surface area (Å²) in [5.74, 6) is 0.179. The molecule has 0 aliphatic carbocycles. The van der Waals surface area contributed by atoms with Crippen LogP contribution in [0.2, 0.25) is 0 Å². The highest BCUT2D eigenvalue weighted by atomic mass is 16.2. The van der Waals surface area contributed by atoms with E-state index in [0.717, 1.165) is 17.8 Å². The molecular weight excluding hydrogens is 338 g/mol. The van der Waals surface area contributed by atoms with Gasteiger partial charge < -0.3 is 15.5 Å². The summed E-state index contributed by atoms with van der Waals surface area (Å²) in [7, 11) is 0. The van der Waals surface area contributed by atoms with E-state index in [1.165, 1.54) is 11.1 Å². The van der Waals surface area contributed by atoms with Crippen molar-refractivity contribution in [3.05, 3.63) is 59.7 Å². The molecule has 2 heterocycles. The Morgan fingerprint density at radius 1 is 1.04 bits per heavy atom. The van der Waals surface area contributed by atoms with Crippen LogP contribution in [0.5, 0.6) is 0 Å². The zero-order valence-electron chi connectivity index (χ0n) is 15.6. The van der Waals surface area contributed by atoms with Crippen LogP contribution in [0.15, 0.2) is 48.5 Å². The van der Waals surface area contributed by atoms with Gasteiger partial charge in [-0.2, -0.15) is 0 Å². The summed E-state index contributed by atoms with van der Waals surface area (Å²) in [5.41, 5.74) is 3.62. The maximum absolute atomic E-state index is 12.7. The van der Waals surface area contributed by atoms with Crippen LogP contribution < -0.4 is 10.6 Å². The van der Waals surface area contributed by atoms with Crippen molar-refractivity contribution in [1.82, 2.24) is 4.90 Å². The van der Waals surface area contributed by atoms with Crippen molar-refractivity contribution in [2.24, 2.45) is 0 Å². The van der Waals surface area contributed by atoms with Gasteiger partial charge >= 0.3 is 0 Å². The van der Waals surface area contributed by atoms with E-state index < -0.39 is 5.54 Å². The lowest BCUT2D eigenvalue weighted by atomic mass is 9.84. The second-order valence-electron chi connectivity index (χ2n) is 7.51. The van der Waals surface area contributed by atoms with E-state index >= 15 is 0 Å². The highest BCUT2D eigenvalue weighted by Crippen LogP contribution is 2.36. The Kier molecular flexibility index (Phi) is 4.60. The van der Waals surface area contributed by atoms with Gasteiger partial charge in [-0.3, -0.25) is 9.59 Å². The third kappa shape index (κ3) is 3.42. The summed E-state index contributed by atoms with van der Waals surface area (Å²) < 4.78 is 0. The zero-order valence-corrected chi connectivity index (χ0v) is 15.6. The van der Waals surface area contributed by atoms with Crippen LogP contribution in [0.1, 0.15) is 30.4 Å². The van der Waals surface area contributed by atoms with Gasteiger partial charge in [-0.15, -0.1) is 0 Å². The number of piperidine rings is 1. The van der Waals surface area contributed by atoms with Gasteiger partial charge in [-0.05, 0) is 49.4 Å². The van der Waals surface area contributed by atoms with Crippen molar-refractivity contribution in [3.8, 4) is 0 Å². The molecule has 2 aromatic carbocycles. The number of amides is 2. The van der Waals surface area contributed by atoms with Crippen LogP contribution in [0, 0.1) is 6.92 Å². The first-order valence-electron chi connectivity index (χ1n) is 9.58. The SMILES string of the molecule is Cc1ccccc1CCC(=O)N1CCC2(CC1)Nc1ccccc1NC2=O. The number of nitrogens with zero attached hydrogens (tertiary/aromatic N) is 1. The standard InChI is InChI=1S/C22H25N3O2/c1-16-6-2-3-7-17(16)10-11-20(26)25-14-12-22(13-15-25)21(27)23-18-8-4-5-9-19(18)24-22/h2-9,24H,10-15H2,1H3,(H,23,27). The fourth-order valence-electron chi connectivity index (χ4n) is 4.04. The van der Waals surface area contributed by atoms with Crippen molar-refractivity contribution >= 4 is 23.2 Å². The summed E-state index contributed by atoms with van der Waals surface area (Å²) in [6.45, 7) is 3.29. The number of hydrogen-bond donors (Lipinski definition) is 2. The van der Waals surface area contributed by atoms with Crippen molar-refractivity contribution in [1.29, 1.82) is 0 Å². The third-order valence-corrected chi connectivity index (χ3v) is 5.82. The fraction of sp³-hybridized carbons (Fsp3) is 0.364. The normalized spacial score (nSPS) is 17.8. The Labute approximate surface area is 159 Å². The summed E-state index contributed by atoms with van der Waals surface area (Å²) in [6, 6.07) is 16.0. The molecule has 2 aliphatic rings. The number of hydrogen-bond acceptors (Lipinski definition) is 3. The lowest BCUT2D eigenvalue weighted by Crippen LogP contribution is -2.59. The average molecular weight is 363 g/mol. The van der Waals surface area contributed by atoms with Gasteiger partial charge in [0.15, 0.2) is 0 Å². The largest absolute Gasteiger partial charge is 0.369 e. The van der Waals surface area contributed by atoms with Crippen molar-refractivity contribution in [2.45, 2.75) is 38.1 Å². The number of benzene rings is 2. The number of fused-ring (bicyclic) bond motifs is 1. The number of nitrogens with one attached hydrogen (secondary N) is 2. The molecule has 4 rings (SSSR count). The molecule has 2 aromatic rings. The van der Waals surface area contributed by atoms with Gasteiger partial charge in [0.2, 0.25) is 11.8 Å². The molecule has 0 atom stereocenters. The molecule has 1 spiro atoms. The number of anilines is 2. The van der Waals surface area contributed by atoms with E-state index in [0.29, 0.717) is 32.4 Å². The predicted octanol–water partition coefficient (Wildman–Crippen LogP) is 3.35. The van der Waals surface area contributed by atoms with Crippen LogP contribution in [0.3, 0.4) is 0 Å². The van der Waals surface area contributed by atoms with E-state index in [-0.39, 0.29) is 11.8 Å². The summed E-state index contributed by atoms with van der Waals surface area (Å²) in [4.78, 5) is 27.2. The number of likely N-dealkylation sites (tertiary alicyclic amines) is 1. The Bertz CT molecular complexity index is 869. The fourth-order valence-corrected chi connectivity index (χ4v) is 4.04. The smallest absolute Gasteiger partial charge is 0.250 e. The minimum absolute atomic E-state index is 0.00760. The first kappa shape index (κ1) is 17.6. The molecule has 0 saturated carbocycles. The van der Waals surface area contributed by atoms with E-state index in [4.69, 9.17) is 0 Å². The van der Waals surface area contributed by atoms with Crippen LogP contribution in [-0.2, 0) is 16.0 Å². The zero-order chi connectivity index (χ0) is 18.9. The maximum Gasteiger partial charge on any atom is 0.250 e. The van der Waals surface area contributed by atoms with Crippen LogP contribution >= 0.6 is 0 Å². The molecule has 0 radical (unpaired) electrons. The van der Waals surface area contributed by atoms with Crippen molar-refractivity contribution < 1.29 is 9.59 Å². The number of aryl methyl sites for hydroxylation is 2. The minimum atomic E-state index is -0.610. The minimum Gasteiger partial charge on any atom is -0.369 e. The summed E-state index contributed by atoms with van der Waals surface area (Å²) in [6.07, 6.45) is 2.53. The Morgan fingerprint density at radius 3 is 2.44 bits per heavy atom. The molecule has 5 heteroatoms. The highest BCUT2D eigenvalue weighted by Gasteiger charge is 2.44. The lowest BCUT2D eigenvalue weighted by Gasteiger charge is -2.44. The number of rotatable bonds is 3. The van der Waals surface area contributed by atoms with E-state index in [9.17, 15) is 9.59 Å². The average Bonchev–Trinajstić information content (AvgIpc) is 2.69.